The van der Waals surface area contributed by atoms with Gasteiger partial charge in [-0.2, -0.15) is 0 Å². The SMILES string of the molecule is CC(O)C(NC[C@H](CCC(=O)O)NC(=O)CCCC(=O)NCCOCCOCCOCCN)C(=O)NCN. The summed E-state index contributed by atoms with van der Waals surface area (Å²) in [6.45, 7) is 4.74. The van der Waals surface area contributed by atoms with Crippen molar-refractivity contribution in [1.82, 2.24) is 21.3 Å². The van der Waals surface area contributed by atoms with E-state index in [2.05, 4.69) is 21.3 Å². The number of ether oxygens (including phenoxy) is 3. The van der Waals surface area contributed by atoms with Gasteiger partial charge in [0.05, 0.1) is 52.4 Å². The van der Waals surface area contributed by atoms with E-state index in [1.807, 2.05) is 0 Å². The van der Waals surface area contributed by atoms with Gasteiger partial charge in [0.15, 0.2) is 0 Å². The van der Waals surface area contributed by atoms with E-state index in [1.165, 1.54) is 6.92 Å². The highest BCUT2D eigenvalue weighted by molar-refractivity contribution is 5.82. The summed E-state index contributed by atoms with van der Waals surface area (Å²) in [5.74, 6) is -2.12. The Kier molecular flexibility index (Phi) is 22.2. The molecular weight excluding hydrogens is 504 g/mol. The Bertz CT molecular complexity index is 669. The minimum atomic E-state index is -1.04. The van der Waals surface area contributed by atoms with E-state index < -0.39 is 30.1 Å². The van der Waals surface area contributed by atoms with Crippen LogP contribution in [0.25, 0.3) is 0 Å². The van der Waals surface area contributed by atoms with Gasteiger partial charge in [0.25, 0.3) is 0 Å². The van der Waals surface area contributed by atoms with E-state index in [4.69, 9.17) is 30.8 Å². The second kappa shape index (κ2) is 23.7. The molecule has 0 radical (unpaired) electrons. The number of aliphatic hydroxyl groups excluding tert-OH is 1. The fourth-order valence-corrected chi connectivity index (χ4v) is 3.17. The Balaban J connectivity index is 4.18. The summed E-state index contributed by atoms with van der Waals surface area (Å²) in [5, 5.41) is 29.5. The number of carboxylic acid groups (broad SMARTS) is 1. The van der Waals surface area contributed by atoms with Crippen LogP contribution < -0.4 is 32.7 Å². The van der Waals surface area contributed by atoms with Crippen LogP contribution >= 0.6 is 0 Å². The number of carbonyl (C=O) groups is 4. The van der Waals surface area contributed by atoms with Gasteiger partial charge < -0.3 is 57.2 Å². The number of aliphatic hydroxyl groups is 1. The molecule has 0 heterocycles. The Morgan fingerprint density at radius 1 is 0.842 bits per heavy atom. The fourth-order valence-electron chi connectivity index (χ4n) is 3.17. The Morgan fingerprint density at radius 3 is 2.03 bits per heavy atom. The number of amides is 3. The largest absolute Gasteiger partial charge is 0.481 e. The summed E-state index contributed by atoms with van der Waals surface area (Å²) in [7, 11) is 0. The van der Waals surface area contributed by atoms with Crippen molar-refractivity contribution in [2.45, 2.75) is 57.2 Å². The lowest BCUT2D eigenvalue weighted by Crippen LogP contribution is -2.54. The maximum absolute atomic E-state index is 12.3. The first-order chi connectivity index (χ1) is 18.2. The maximum atomic E-state index is 12.3. The van der Waals surface area contributed by atoms with Crippen molar-refractivity contribution >= 4 is 23.7 Å². The van der Waals surface area contributed by atoms with Crippen LogP contribution in [-0.4, -0.2) is 118 Å². The van der Waals surface area contributed by atoms with E-state index in [1.54, 1.807) is 0 Å². The zero-order valence-electron chi connectivity index (χ0n) is 22.2. The van der Waals surface area contributed by atoms with Crippen molar-refractivity contribution < 1.29 is 43.6 Å². The summed E-state index contributed by atoms with van der Waals surface area (Å²) in [6, 6.07) is -1.58. The summed E-state index contributed by atoms with van der Waals surface area (Å²) < 4.78 is 15.8. The lowest BCUT2D eigenvalue weighted by molar-refractivity contribution is -0.137. The van der Waals surface area contributed by atoms with Crippen molar-refractivity contribution in [3.63, 3.8) is 0 Å². The van der Waals surface area contributed by atoms with Crippen LogP contribution in [0.5, 0.6) is 0 Å². The minimum Gasteiger partial charge on any atom is -0.481 e. The van der Waals surface area contributed by atoms with Gasteiger partial charge in [0.2, 0.25) is 17.7 Å². The lowest BCUT2D eigenvalue weighted by atomic mass is 10.1. The second-order valence-corrected chi connectivity index (χ2v) is 8.40. The smallest absolute Gasteiger partial charge is 0.303 e. The number of rotatable bonds is 25. The third-order valence-corrected chi connectivity index (χ3v) is 5.08. The molecule has 0 fully saturated rings. The molecule has 0 aliphatic heterocycles. The highest BCUT2D eigenvalue weighted by Crippen LogP contribution is 2.02. The van der Waals surface area contributed by atoms with E-state index in [0.717, 1.165) is 0 Å². The molecule has 2 unspecified atom stereocenters. The number of hydrogen-bond acceptors (Lipinski definition) is 11. The van der Waals surface area contributed by atoms with Crippen molar-refractivity contribution in [3.8, 4) is 0 Å². The van der Waals surface area contributed by atoms with Crippen LogP contribution in [-0.2, 0) is 33.4 Å². The maximum Gasteiger partial charge on any atom is 0.303 e. The molecule has 3 atom stereocenters. The zero-order chi connectivity index (χ0) is 28.6. The highest BCUT2D eigenvalue weighted by Gasteiger charge is 2.24. The standard InChI is InChI=1S/C23H46N6O9/c1-17(30)22(23(35)28-16-25)27-15-18(5-6-21(33)34)29-20(32)4-2-3-19(31)26-8-10-37-12-14-38-13-11-36-9-7-24/h17-18,22,27,30H,2-16,24-25H2,1H3,(H,26,31)(H,28,35)(H,29,32)(H,33,34)/t17?,18-,22?/m0/s1. The Labute approximate surface area is 223 Å². The van der Waals surface area contributed by atoms with E-state index >= 15 is 0 Å². The van der Waals surface area contributed by atoms with Gasteiger partial charge in [-0.15, -0.1) is 0 Å². The molecule has 38 heavy (non-hydrogen) atoms. The Hall–Kier alpha value is -2.40. The van der Waals surface area contributed by atoms with Crippen molar-refractivity contribution in [1.29, 1.82) is 0 Å². The molecule has 0 bridgehead atoms. The molecular formula is C23H46N6O9. The van der Waals surface area contributed by atoms with E-state index in [9.17, 15) is 24.3 Å². The zero-order valence-corrected chi connectivity index (χ0v) is 22.2. The van der Waals surface area contributed by atoms with Gasteiger partial charge in [-0.1, -0.05) is 0 Å². The predicted molar refractivity (Wildman–Crippen MR) is 138 cm³/mol. The summed E-state index contributed by atoms with van der Waals surface area (Å²) in [6.07, 6.45) is -0.615. The van der Waals surface area contributed by atoms with Crippen LogP contribution in [0.4, 0.5) is 0 Å². The van der Waals surface area contributed by atoms with Crippen LogP contribution in [0.15, 0.2) is 0 Å². The Morgan fingerprint density at radius 2 is 1.45 bits per heavy atom. The normalized spacial score (nSPS) is 13.4. The quantitative estimate of drug-likeness (QED) is 0.0419. The summed E-state index contributed by atoms with van der Waals surface area (Å²) in [5.41, 5.74) is 10.6. The molecule has 0 spiro atoms. The monoisotopic (exact) mass is 550 g/mol. The van der Waals surface area contributed by atoms with E-state index in [0.29, 0.717) is 59.2 Å². The molecule has 0 rings (SSSR count). The average molecular weight is 551 g/mol. The minimum absolute atomic E-state index is 0.0557. The van der Waals surface area contributed by atoms with Crippen molar-refractivity contribution in [2.75, 3.05) is 65.9 Å². The molecule has 15 heteroatoms. The van der Waals surface area contributed by atoms with Gasteiger partial charge >= 0.3 is 5.97 Å². The molecule has 0 saturated carbocycles. The molecule has 15 nitrogen and oxygen atoms in total. The molecule has 10 N–H and O–H groups in total. The number of nitrogens with one attached hydrogen (secondary N) is 4. The van der Waals surface area contributed by atoms with Gasteiger partial charge in [-0.05, 0) is 19.8 Å². The summed E-state index contributed by atoms with van der Waals surface area (Å²) >= 11 is 0. The first-order valence-corrected chi connectivity index (χ1v) is 12.8. The third-order valence-electron chi connectivity index (χ3n) is 5.08. The highest BCUT2D eigenvalue weighted by atomic mass is 16.5. The third kappa shape index (κ3) is 20.6. The first kappa shape index (κ1) is 35.6. The van der Waals surface area contributed by atoms with Gasteiger partial charge in [0, 0.05) is 44.9 Å². The number of aliphatic carboxylic acids is 1. The first-order valence-electron chi connectivity index (χ1n) is 12.8. The van der Waals surface area contributed by atoms with Gasteiger partial charge in [-0.25, -0.2) is 0 Å². The summed E-state index contributed by atoms with van der Waals surface area (Å²) in [4.78, 5) is 47.3. The lowest BCUT2D eigenvalue weighted by Gasteiger charge is -2.24. The van der Waals surface area contributed by atoms with Crippen LogP contribution in [0.1, 0.15) is 39.0 Å². The van der Waals surface area contributed by atoms with Crippen molar-refractivity contribution in [2.24, 2.45) is 11.5 Å². The number of nitrogens with two attached hydrogens (primary N) is 2. The van der Waals surface area contributed by atoms with Gasteiger partial charge in [0.1, 0.15) is 6.04 Å². The van der Waals surface area contributed by atoms with E-state index in [-0.39, 0.29) is 50.7 Å². The molecule has 0 aromatic rings. The molecule has 0 saturated heterocycles. The predicted octanol–water partition coefficient (Wildman–Crippen LogP) is -3.00. The van der Waals surface area contributed by atoms with Crippen LogP contribution in [0.2, 0.25) is 0 Å². The second-order valence-electron chi connectivity index (χ2n) is 8.40. The number of carbonyl (C=O) groups excluding carboxylic acids is 3. The molecule has 0 aromatic heterocycles. The molecule has 0 aliphatic rings. The molecule has 0 aromatic carbocycles. The number of hydrogen-bond donors (Lipinski definition) is 8. The topological polar surface area (TPSA) is 237 Å². The molecule has 222 valence electrons. The fraction of sp³-hybridized carbons (Fsp3) is 0.826. The molecule has 0 aliphatic carbocycles. The average Bonchev–Trinajstić information content (AvgIpc) is 2.85. The van der Waals surface area contributed by atoms with Crippen LogP contribution in [0.3, 0.4) is 0 Å². The van der Waals surface area contributed by atoms with Crippen molar-refractivity contribution in [3.05, 3.63) is 0 Å². The number of carboxylic acids is 1. The molecule has 3 amide bonds. The van der Waals surface area contributed by atoms with Crippen LogP contribution in [0, 0.1) is 0 Å². The van der Waals surface area contributed by atoms with Gasteiger partial charge in [-0.3, -0.25) is 19.2 Å².